The molecule has 0 atom stereocenters. The van der Waals surface area contributed by atoms with Gasteiger partial charge in [0.25, 0.3) is 5.91 Å². The number of carbonyl (C=O) groups is 1. The summed E-state index contributed by atoms with van der Waals surface area (Å²) < 4.78 is 13.9. The van der Waals surface area contributed by atoms with Crippen molar-refractivity contribution in [1.29, 1.82) is 0 Å². The zero-order chi connectivity index (χ0) is 15.4. The van der Waals surface area contributed by atoms with Crippen molar-refractivity contribution >= 4 is 45.0 Å². The minimum Gasteiger partial charge on any atom is -0.317 e. The van der Waals surface area contributed by atoms with E-state index >= 15 is 0 Å². The van der Waals surface area contributed by atoms with Crippen molar-refractivity contribution in [3.8, 4) is 0 Å². The molecule has 0 bridgehead atoms. The van der Waals surface area contributed by atoms with Crippen molar-refractivity contribution in [1.82, 2.24) is 10.3 Å². The second kappa shape index (κ2) is 6.73. The molecule has 4 nitrogen and oxygen atoms in total. The number of anilines is 1. The number of aromatic nitrogens is 1. The zero-order valence-electron chi connectivity index (χ0n) is 11.0. The lowest BCUT2D eigenvalue weighted by Crippen LogP contribution is -2.34. The number of thiocarbonyl (C=S) groups is 1. The third kappa shape index (κ3) is 4.30. The summed E-state index contributed by atoms with van der Waals surface area (Å²) in [6.45, 7) is 1.84. The highest BCUT2D eigenvalue weighted by Crippen LogP contribution is 2.16. The lowest BCUT2D eigenvalue weighted by atomic mass is 10.2. The summed E-state index contributed by atoms with van der Waals surface area (Å²) in [4.78, 5) is 16.1. The Balaban J connectivity index is 2.01. The number of hydrogen-bond acceptors (Lipinski definition) is 3. The number of benzene rings is 1. The minimum atomic E-state index is -0.485. The van der Waals surface area contributed by atoms with Gasteiger partial charge in [-0.25, -0.2) is 9.37 Å². The van der Waals surface area contributed by atoms with Crippen LogP contribution in [0.3, 0.4) is 0 Å². The predicted molar refractivity (Wildman–Crippen MR) is 86.8 cm³/mol. The fourth-order valence-corrected chi connectivity index (χ4v) is 1.98. The zero-order valence-corrected chi connectivity index (χ0v) is 13.4. The number of hydrogen-bond donors (Lipinski definition) is 2. The molecular weight excluding hydrogens is 357 g/mol. The van der Waals surface area contributed by atoms with Gasteiger partial charge in [0.05, 0.1) is 5.69 Å². The van der Waals surface area contributed by atoms with Crippen molar-refractivity contribution in [2.24, 2.45) is 0 Å². The van der Waals surface area contributed by atoms with E-state index in [4.69, 9.17) is 12.2 Å². The summed E-state index contributed by atoms with van der Waals surface area (Å²) in [6.07, 6.45) is 0. The first-order chi connectivity index (χ1) is 9.95. The Morgan fingerprint density at radius 2 is 2.10 bits per heavy atom. The van der Waals surface area contributed by atoms with Crippen LogP contribution in [-0.2, 0) is 0 Å². The number of carbonyl (C=O) groups excluding carboxylic acids is 1. The number of nitrogens with zero attached hydrogens (tertiary/aromatic N) is 1. The van der Waals surface area contributed by atoms with Gasteiger partial charge in [-0.1, -0.05) is 6.07 Å². The summed E-state index contributed by atoms with van der Waals surface area (Å²) in [6, 6.07) is 8.91. The van der Waals surface area contributed by atoms with Crippen LogP contribution < -0.4 is 10.6 Å². The molecule has 0 aliphatic rings. The number of amides is 1. The van der Waals surface area contributed by atoms with Gasteiger partial charge in [0.15, 0.2) is 5.11 Å². The van der Waals surface area contributed by atoms with Crippen molar-refractivity contribution < 1.29 is 9.18 Å². The molecule has 0 aliphatic heterocycles. The number of pyridine rings is 1. The lowest BCUT2D eigenvalue weighted by molar-refractivity contribution is 0.0977. The van der Waals surface area contributed by atoms with Gasteiger partial charge in [-0.2, -0.15) is 0 Å². The highest BCUT2D eigenvalue weighted by atomic mass is 79.9. The summed E-state index contributed by atoms with van der Waals surface area (Å²) in [5, 5.41) is 5.36. The molecule has 1 amide bonds. The fourth-order valence-electron chi connectivity index (χ4n) is 1.57. The van der Waals surface area contributed by atoms with Crippen LogP contribution in [-0.4, -0.2) is 16.0 Å². The molecule has 108 valence electrons. The molecule has 0 aliphatic carbocycles. The number of rotatable bonds is 2. The second-order valence-corrected chi connectivity index (χ2v) is 5.44. The van der Waals surface area contributed by atoms with Gasteiger partial charge in [-0.15, -0.1) is 0 Å². The van der Waals surface area contributed by atoms with Crippen LogP contribution in [0, 0.1) is 12.7 Å². The molecule has 0 saturated carbocycles. The van der Waals surface area contributed by atoms with E-state index in [0.29, 0.717) is 5.82 Å². The quantitative estimate of drug-likeness (QED) is 0.798. The van der Waals surface area contributed by atoms with E-state index in [1.807, 2.05) is 13.0 Å². The van der Waals surface area contributed by atoms with E-state index in [2.05, 4.69) is 31.5 Å². The van der Waals surface area contributed by atoms with E-state index in [1.165, 1.54) is 18.2 Å². The number of aryl methyl sites for hydroxylation is 1. The van der Waals surface area contributed by atoms with E-state index in [0.717, 1.165) is 16.2 Å². The molecule has 1 heterocycles. The Hall–Kier alpha value is -1.86. The Kier molecular flexibility index (Phi) is 4.98. The highest BCUT2D eigenvalue weighted by molar-refractivity contribution is 9.10. The Labute approximate surface area is 134 Å². The molecule has 7 heteroatoms. The summed E-state index contributed by atoms with van der Waals surface area (Å²) in [5.41, 5.74) is 0.985. The van der Waals surface area contributed by atoms with Gasteiger partial charge >= 0.3 is 0 Å². The van der Waals surface area contributed by atoms with Crippen LogP contribution in [0.4, 0.5) is 10.2 Å². The summed E-state index contributed by atoms with van der Waals surface area (Å²) in [7, 11) is 0. The van der Waals surface area contributed by atoms with Gasteiger partial charge in [-0.05, 0) is 65.4 Å². The largest absolute Gasteiger partial charge is 0.317 e. The number of halogens is 2. The SMILES string of the molecule is Cc1nc(NC(=S)NC(=O)c2cccc(F)c2)ccc1Br. The molecule has 21 heavy (non-hydrogen) atoms. The fraction of sp³-hybridized carbons (Fsp3) is 0.0714. The van der Waals surface area contributed by atoms with E-state index in [9.17, 15) is 9.18 Å². The molecule has 0 unspecified atom stereocenters. The van der Waals surface area contributed by atoms with Crippen LogP contribution in [0.1, 0.15) is 16.1 Å². The van der Waals surface area contributed by atoms with Gasteiger partial charge in [0.2, 0.25) is 0 Å². The van der Waals surface area contributed by atoms with Gasteiger partial charge in [0.1, 0.15) is 11.6 Å². The van der Waals surface area contributed by atoms with Gasteiger partial charge < -0.3 is 5.32 Å². The number of nitrogens with one attached hydrogen (secondary N) is 2. The molecule has 0 radical (unpaired) electrons. The molecule has 1 aromatic carbocycles. The molecule has 0 fully saturated rings. The Morgan fingerprint density at radius 3 is 2.76 bits per heavy atom. The molecule has 2 rings (SSSR count). The van der Waals surface area contributed by atoms with Gasteiger partial charge in [-0.3, -0.25) is 10.1 Å². The standard InChI is InChI=1S/C14H11BrFN3OS/c1-8-11(15)5-6-12(17-8)18-14(21)19-13(20)9-3-2-4-10(16)7-9/h2-7H,1H3,(H2,17,18,19,20,21). The van der Waals surface area contributed by atoms with Crippen molar-refractivity contribution in [2.45, 2.75) is 6.92 Å². The lowest BCUT2D eigenvalue weighted by Gasteiger charge is -2.10. The first kappa shape index (κ1) is 15.5. The third-order valence-electron chi connectivity index (χ3n) is 2.58. The molecule has 0 spiro atoms. The van der Waals surface area contributed by atoms with Crippen molar-refractivity contribution in [3.05, 3.63) is 57.9 Å². The molecule has 2 aromatic rings. The van der Waals surface area contributed by atoms with E-state index in [1.54, 1.807) is 6.07 Å². The topological polar surface area (TPSA) is 54.0 Å². The Bertz CT molecular complexity index is 708. The smallest absolute Gasteiger partial charge is 0.257 e. The normalized spacial score (nSPS) is 10.0. The van der Waals surface area contributed by atoms with Gasteiger partial charge in [0, 0.05) is 10.0 Å². The maximum absolute atomic E-state index is 13.1. The Morgan fingerprint density at radius 1 is 1.33 bits per heavy atom. The minimum absolute atomic E-state index is 0.0958. The third-order valence-corrected chi connectivity index (χ3v) is 3.62. The first-order valence-electron chi connectivity index (χ1n) is 5.97. The first-order valence-corrected chi connectivity index (χ1v) is 7.17. The van der Waals surface area contributed by atoms with Crippen molar-refractivity contribution in [2.75, 3.05) is 5.32 Å². The average molecular weight is 368 g/mol. The predicted octanol–water partition coefficient (Wildman–Crippen LogP) is 3.42. The molecular formula is C14H11BrFN3OS. The van der Waals surface area contributed by atoms with Crippen molar-refractivity contribution in [3.63, 3.8) is 0 Å². The maximum atomic E-state index is 13.1. The van der Waals surface area contributed by atoms with Crippen LogP contribution >= 0.6 is 28.1 Å². The van der Waals surface area contributed by atoms with Crippen LogP contribution in [0.2, 0.25) is 0 Å². The average Bonchev–Trinajstić information content (AvgIpc) is 2.43. The van der Waals surface area contributed by atoms with Crippen LogP contribution in [0.25, 0.3) is 0 Å². The maximum Gasteiger partial charge on any atom is 0.257 e. The molecule has 2 N–H and O–H groups in total. The second-order valence-electron chi connectivity index (χ2n) is 4.18. The molecule has 0 saturated heterocycles. The summed E-state index contributed by atoms with van der Waals surface area (Å²) >= 11 is 8.38. The van der Waals surface area contributed by atoms with E-state index < -0.39 is 11.7 Å². The highest BCUT2D eigenvalue weighted by Gasteiger charge is 2.09. The summed E-state index contributed by atoms with van der Waals surface area (Å²) in [5.74, 6) is -0.451. The monoisotopic (exact) mass is 367 g/mol. The molecule has 1 aromatic heterocycles. The van der Waals surface area contributed by atoms with Crippen LogP contribution in [0.15, 0.2) is 40.9 Å². The van der Waals surface area contributed by atoms with E-state index in [-0.39, 0.29) is 10.7 Å². The van der Waals surface area contributed by atoms with Crippen LogP contribution in [0.5, 0.6) is 0 Å².